The van der Waals surface area contributed by atoms with Gasteiger partial charge in [0.15, 0.2) is 5.78 Å². The lowest BCUT2D eigenvalue weighted by molar-refractivity contribution is -0.138. The maximum absolute atomic E-state index is 13.1. The van der Waals surface area contributed by atoms with Gasteiger partial charge in [-0.05, 0) is 24.5 Å². The number of carbonyl (C=O) groups is 2. The smallest absolute Gasteiger partial charge is 0.226 e. The molecule has 1 amide bonds. The largest absolute Gasteiger partial charge is 0.335 e. The molecule has 0 saturated heterocycles. The Morgan fingerprint density at radius 1 is 1.10 bits per heavy atom. The minimum atomic E-state index is 0.0232. The number of hydrogen-bond acceptors (Lipinski definition) is 5. The summed E-state index contributed by atoms with van der Waals surface area (Å²) in [7, 11) is 0. The third-order valence-corrected chi connectivity index (χ3v) is 6.69. The van der Waals surface area contributed by atoms with Gasteiger partial charge in [-0.3, -0.25) is 19.3 Å². The summed E-state index contributed by atoms with van der Waals surface area (Å²) in [5, 5.41) is 4.56. The van der Waals surface area contributed by atoms with Gasteiger partial charge in [0.05, 0.1) is 30.7 Å². The Kier molecular flexibility index (Phi) is 4.98. The van der Waals surface area contributed by atoms with Crippen LogP contribution in [0.2, 0.25) is 0 Å². The Labute approximate surface area is 176 Å². The van der Waals surface area contributed by atoms with Crippen molar-refractivity contribution in [2.75, 3.05) is 19.6 Å². The van der Waals surface area contributed by atoms with E-state index in [-0.39, 0.29) is 18.2 Å². The predicted molar refractivity (Wildman–Crippen MR) is 114 cm³/mol. The van der Waals surface area contributed by atoms with Crippen molar-refractivity contribution in [3.05, 3.63) is 41.2 Å². The fourth-order valence-electron chi connectivity index (χ4n) is 4.99. The van der Waals surface area contributed by atoms with Crippen LogP contribution in [0.1, 0.15) is 53.7 Å². The molecule has 1 saturated carbocycles. The second-order valence-corrected chi connectivity index (χ2v) is 8.47. The van der Waals surface area contributed by atoms with Crippen molar-refractivity contribution in [1.82, 2.24) is 14.7 Å². The van der Waals surface area contributed by atoms with Crippen LogP contribution in [0, 0.1) is 5.92 Å². The Morgan fingerprint density at radius 2 is 1.93 bits per heavy atom. The van der Waals surface area contributed by atoms with Gasteiger partial charge in [-0.15, -0.1) is 0 Å². The second-order valence-electron chi connectivity index (χ2n) is 8.47. The van der Waals surface area contributed by atoms with Gasteiger partial charge in [-0.1, -0.05) is 31.4 Å². The van der Waals surface area contributed by atoms with Crippen molar-refractivity contribution >= 4 is 17.4 Å². The number of carbonyl (C=O) groups excluding carboxylic acids is 2. The molecule has 1 aromatic heterocycles. The molecule has 0 radical (unpaired) electrons. The molecular weight excluding hydrogens is 378 g/mol. The fourth-order valence-corrected chi connectivity index (χ4v) is 4.99. The van der Waals surface area contributed by atoms with E-state index in [1.165, 1.54) is 6.42 Å². The van der Waals surface area contributed by atoms with Gasteiger partial charge in [-0.2, -0.15) is 5.10 Å². The molecule has 1 aliphatic carbocycles. The van der Waals surface area contributed by atoms with E-state index in [1.807, 2.05) is 34.0 Å². The van der Waals surface area contributed by atoms with Crippen molar-refractivity contribution < 1.29 is 9.59 Å². The fraction of sp³-hybridized carbons (Fsp3) is 0.478. The molecule has 3 aliphatic rings. The number of aliphatic imine (C=N–C) groups is 1. The standard InChI is InChI=1S/C23H27N5O2/c24-11-20-18-10-16(6-7-17(18)22(29)13-25-20)19-12-26-28-9-8-27(14-21(19)28)23(30)15-4-2-1-3-5-15/h6-7,10,12,15H,1-5,8-9,11,13-14,24H2. The van der Waals surface area contributed by atoms with E-state index in [4.69, 9.17) is 5.73 Å². The van der Waals surface area contributed by atoms with Gasteiger partial charge in [0.1, 0.15) is 6.54 Å². The average Bonchev–Trinajstić information content (AvgIpc) is 3.22. The van der Waals surface area contributed by atoms with Crippen molar-refractivity contribution in [3.63, 3.8) is 0 Å². The lowest BCUT2D eigenvalue weighted by Crippen LogP contribution is -2.42. The van der Waals surface area contributed by atoms with Gasteiger partial charge >= 0.3 is 0 Å². The number of nitrogens with two attached hydrogens (primary N) is 1. The first-order chi connectivity index (χ1) is 14.7. The predicted octanol–water partition coefficient (Wildman–Crippen LogP) is 2.42. The number of Topliss-reactive ketones (excluding diaryl/α,β-unsaturated/α-hetero) is 1. The molecule has 0 spiro atoms. The number of rotatable bonds is 3. The zero-order valence-electron chi connectivity index (χ0n) is 17.1. The molecule has 7 nitrogen and oxygen atoms in total. The third-order valence-electron chi connectivity index (χ3n) is 6.69. The highest BCUT2D eigenvalue weighted by Gasteiger charge is 2.30. The normalized spacial score (nSPS) is 19.3. The summed E-state index contributed by atoms with van der Waals surface area (Å²) in [5.74, 6) is 0.492. The molecule has 2 aliphatic heterocycles. The molecule has 2 aromatic rings. The number of aromatic nitrogens is 2. The summed E-state index contributed by atoms with van der Waals surface area (Å²) in [5.41, 5.74) is 11.2. The third kappa shape index (κ3) is 3.27. The molecule has 7 heteroatoms. The lowest BCUT2D eigenvalue weighted by Gasteiger charge is -2.32. The number of benzene rings is 1. The van der Waals surface area contributed by atoms with Crippen LogP contribution in [0.4, 0.5) is 0 Å². The molecule has 0 bridgehead atoms. The zero-order chi connectivity index (χ0) is 20.7. The number of hydrogen-bond donors (Lipinski definition) is 1. The molecule has 0 atom stereocenters. The number of ketones is 1. The zero-order valence-corrected chi connectivity index (χ0v) is 17.1. The summed E-state index contributed by atoms with van der Waals surface area (Å²) < 4.78 is 2.00. The van der Waals surface area contributed by atoms with E-state index in [9.17, 15) is 9.59 Å². The minimum Gasteiger partial charge on any atom is -0.335 e. The highest BCUT2D eigenvalue weighted by Crippen LogP contribution is 2.32. The summed E-state index contributed by atoms with van der Waals surface area (Å²) in [4.78, 5) is 31.6. The molecule has 3 heterocycles. The first kappa shape index (κ1) is 19.2. The van der Waals surface area contributed by atoms with E-state index in [2.05, 4.69) is 10.1 Å². The van der Waals surface area contributed by atoms with Crippen LogP contribution in [0.15, 0.2) is 29.4 Å². The van der Waals surface area contributed by atoms with Crippen LogP contribution < -0.4 is 5.73 Å². The Bertz CT molecular complexity index is 1030. The van der Waals surface area contributed by atoms with E-state index in [0.717, 1.165) is 53.8 Å². The van der Waals surface area contributed by atoms with Crippen molar-refractivity contribution in [2.45, 2.75) is 45.2 Å². The van der Waals surface area contributed by atoms with Crippen LogP contribution in [-0.2, 0) is 17.9 Å². The second kappa shape index (κ2) is 7.80. The maximum Gasteiger partial charge on any atom is 0.226 e. The van der Waals surface area contributed by atoms with Crippen molar-refractivity contribution in [2.24, 2.45) is 16.6 Å². The quantitative estimate of drug-likeness (QED) is 0.849. The summed E-state index contributed by atoms with van der Waals surface area (Å²) in [6, 6.07) is 5.84. The van der Waals surface area contributed by atoms with Crippen LogP contribution in [0.5, 0.6) is 0 Å². The van der Waals surface area contributed by atoms with Gasteiger partial charge in [0.25, 0.3) is 0 Å². The summed E-state index contributed by atoms with van der Waals surface area (Å²) >= 11 is 0. The minimum absolute atomic E-state index is 0.0232. The van der Waals surface area contributed by atoms with Crippen LogP contribution in [0.3, 0.4) is 0 Å². The molecule has 1 aromatic carbocycles. The van der Waals surface area contributed by atoms with E-state index in [1.54, 1.807) is 0 Å². The van der Waals surface area contributed by atoms with E-state index in [0.29, 0.717) is 37.6 Å². The lowest BCUT2D eigenvalue weighted by atomic mass is 9.88. The van der Waals surface area contributed by atoms with Gasteiger partial charge < -0.3 is 10.6 Å². The van der Waals surface area contributed by atoms with Crippen molar-refractivity contribution in [1.29, 1.82) is 0 Å². The first-order valence-corrected chi connectivity index (χ1v) is 10.9. The van der Waals surface area contributed by atoms with Crippen LogP contribution in [0.25, 0.3) is 11.1 Å². The molecule has 30 heavy (non-hydrogen) atoms. The molecule has 1 fully saturated rings. The van der Waals surface area contributed by atoms with Gasteiger partial charge in [0, 0.05) is 35.7 Å². The SMILES string of the molecule is NCC1=NCC(=O)c2ccc(-c3cnn4c3CN(C(=O)C3CCCCC3)CC4)cc21. The molecule has 2 N–H and O–H groups in total. The highest BCUT2D eigenvalue weighted by atomic mass is 16.2. The number of fused-ring (bicyclic) bond motifs is 2. The molecule has 156 valence electrons. The molecular formula is C23H27N5O2. The number of amides is 1. The Morgan fingerprint density at radius 3 is 2.73 bits per heavy atom. The van der Waals surface area contributed by atoms with Gasteiger partial charge in [0.2, 0.25) is 5.91 Å². The summed E-state index contributed by atoms with van der Waals surface area (Å²) in [6.45, 7) is 2.48. The first-order valence-electron chi connectivity index (χ1n) is 10.9. The van der Waals surface area contributed by atoms with Crippen LogP contribution >= 0.6 is 0 Å². The Hall–Kier alpha value is -2.80. The monoisotopic (exact) mass is 405 g/mol. The molecule has 0 unspecified atom stereocenters. The topological polar surface area (TPSA) is 93.6 Å². The van der Waals surface area contributed by atoms with E-state index < -0.39 is 0 Å². The van der Waals surface area contributed by atoms with E-state index >= 15 is 0 Å². The summed E-state index contributed by atoms with van der Waals surface area (Å²) in [6.07, 6.45) is 7.47. The highest BCUT2D eigenvalue weighted by molar-refractivity contribution is 6.16. The van der Waals surface area contributed by atoms with Crippen molar-refractivity contribution in [3.8, 4) is 11.1 Å². The molecule has 5 rings (SSSR count). The Balaban J connectivity index is 1.45. The average molecular weight is 406 g/mol. The van der Waals surface area contributed by atoms with Gasteiger partial charge in [-0.25, -0.2) is 0 Å². The van der Waals surface area contributed by atoms with Crippen LogP contribution in [-0.4, -0.2) is 51.7 Å². The number of nitrogens with zero attached hydrogens (tertiary/aromatic N) is 4. The maximum atomic E-state index is 13.1.